The van der Waals surface area contributed by atoms with Crippen molar-refractivity contribution in [1.29, 1.82) is 0 Å². The van der Waals surface area contributed by atoms with E-state index < -0.39 is 0 Å². The zero-order valence-corrected chi connectivity index (χ0v) is 19.7. The molecule has 2 aliphatic heterocycles. The van der Waals surface area contributed by atoms with Crippen molar-refractivity contribution in [3.8, 4) is 0 Å². The predicted octanol–water partition coefficient (Wildman–Crippen LogP) is 4.90. The van der Waals surface area contributed by atoms with Gasteiger partial charge in [0.15, 0.2) is 0 Å². The molecule has 0 radical (unpaired) electrons. The largest absolute Gasteiger partial charge is 0.352 e. The SMILES string of the molecule is Cc1cccc(CN2CCCC(C(=O)NCc3cccc(CN4CCCCCC4)c3)C2)c1. The summed E-state index contributed by atoms with van der Waals surface area (Å²) in [4.78, 5) is 17.9. The van der Waals surface area contributed by atoms with Gasteiger partial charge in [-0.3, -0.25) is 14.6 Å². The Bertz CT molecular complexity index is 872. The Hall–Kier alpha value is -2.17. The van der Waals surface area contributed by atoms with E-state index in [0.717, 1.165) is 39.0 Å². The number of hydrogen-bond acceptors (Lipinski definition) is 3. The summed E-state index contributed by atoms with van der Waals surface area (Å²) in [6.07, 6.45) is 7.45. The van der Waals surface area contributed by atoms with E-state index in [-0.39, 0.29) is 11.8 Å². The Morgan fingerprint density at radius 3 is 2.28 bits per heavy atom. The molecule has 1 amide bonds. The van der Waals surface area contributed by atoms with E-state index in [9.17, 15) is 4.79 Å². The second kappa shape index (κ2) is 11.6. The average Bonchev–Trinajstić information content (AvgIpc) is 3.07. The summed E-state index contributed by atoms with van der Waals surface area (Å²) in [5, 5.41) is 3.22. The Labute approximate surface area is 194 Å². The fourth-order valence-electron chi connectivity index (χ4n) is 5.21. The fraction of sp³-hybridized carbons (Fsp3) is 0.536. The molecular formula is C28H39N3O. The maximum atomic E-state index is 12.9. The molecule has 1 unspecified atom stereocenters. The van der Waals surface area contributed by atoms with Gasteiger partial charge >= 0.3 is 0 Å². The minimum atomic E-state index is 0.0915. The molecule has 0 bridgehead atoms. The van der Waals surface area contributed by atoms with Crippen molar-refractivity contribution in [1.82, 2.24) is 15.1 Å². The molecule has 1 N–H and O–H groups in total. The maximum Gasteiger partial charge on any atom is 0.224 e. The minimum absolute atomic E-state index is 0.0915. The molecule has 2 fully saturated rings. The molecule has 0 saturated carbocycles. The van der Waals surface area contributed by atoms with Gasteiger partial charge in [-0.05, 0) is 68.9 Å². The molecule has 4 heteroatoms. The summed E-state index contributed by atoms with van der Waals surface area (Å²) in [6, 6.07) is 17.5. The second-order valence-corrected chi connectivity index (χ2v) is 9.79. The predicted molar refractivity (Wildman–Crippen MR) is 131 cm³/mol. The van der Waals surface area contributed by atoms with Crippen LogP contribution in [0.2, 0.25) is 0 Å². The van der Waals surface area contributed by atoms with Crippen molar-refractivity contribution in [2.75, 3.05) is 26.2 Å². The number of hydrogen-bond donors (Lipinski definition) is 1. The van der Waals surface area contributed by atoms with Crippen molar-refractivity contribution < 1.29 is 4.79 Å². The number of carbonyl (C=O) groups is 1. The number of nitrogens with one attached hydrogen (secondary N) is 1. The molecule has 2 aromatic carbocycles. The van der Waals surface area contributed by atoms with Crippen molar-refractivity contribution in [2.24, 2.45) is 5.92 Å². The summed E-state index contributed by atoms with van der Waals surface area (Å²) in [5.74, 6) is 0.297. The Balaban J connectivity index is 1.26. The van der Waals surface area contributed by atoms with E-state index in [0.29, 0.717) is 6.54 Å². The van der Waals surface area contributed by atoms with Gasteiger partial charge in [0.25, 0.3) is 0 Å². The molecule has 4 nitrogen and oxygen atoms in total. The third-order valence-corrected chi connectivity index (χ3v) is 6.93. The average molecular weight is 434 g/mol. The number of carbonyl (C=O) groups excluding carboxylic acids is 1. The van der Waals surface area contributed by atoms with Gasteiger partial charge in [0.05, 0.1) is 5.92 Å². The number of piperidine rings is 1. The highest BCUT2D eigenvalue weighted by molar-refractivity contribution is 5.79. The molecule has 2 heterocycles. The van der Waals surface area contributed by atoms with Crippen LogP contribution in [-0.2, 0) is 24.4 Å². The lowest BCUT2D eigenvalue weighted by molar-refractivity contribution is -0.126. The van der Waals surface area contributed by atoms with Crippen LogP contribution in [0.15, 0.2) is 48.5 Å². The van der Waals surface area contributed by atoms with Crippen molar-refractivity contribution in [3.63, 3.8) is 0 Å². The fourth-order valence-corrected chi connectivity index (χ4v) is 5.21. The number of aryl methyl sites for hydroxylation is 1. The Kier molecular flexibility index (Phi) is 8.36. The van der Waals surface area contributed by atoms with Gasteiger partial charge in [0.2, 0.25) is 5.91 Å². The first-order chi connectivity index (χ1) is 15.7. The summed E-state index contributed by atoms with van der Waals surface area (Å²) < 4.78 is 0. The van der Waals surface area contributed by atoms with Gasteiger partial charge in [-0.1, -0.05) is 66.9 Å². The minimum Gasteiger partial charge on any atom is -0.352 e. The molecule has 0 aliphatic carbocycles. The monoisotopic (exact) mass is 433 g/mol. The van der Waals surface area contributed by atoms with Crippen LogP contribution in [0.3, 0.4) is 0 Å². The first-order valence-corrected chi connectivity index (χ1v) is 12.5. The molecular weight excluding hydrogens is 394 g/mol. The highest BCUT2D eigenvalue weighted by Gasteiger charge is 2.25. The van der Waals surface area contributed by atoms with E-state index in [2.05, 4.69) is 70.6 Å². The van der Waals surface area contributed by atoms with Crippen molar-refractivity contribution in [2.45, 2.75) is 65.1 Å². The lowest BCUT2D eigenvalue weighted by Gasteiger charge is -2.32. The summed E-state index contributed by atoms with van der Waals surface area (Å²) in [7, 11) is 0. The van der Waals surface area contributed by atoms with Gasteiger partial charge in [-0.15, -0.1) is 0 Å². The quantitative estimate of drug-likeness (QED) is 0.675. The van der Waals surface area contributed by atoms with Crippen LogP contribution in [0.5, 0.6) is 0 Å². The van der Waals surface area contributed by atoms with Crippen LogP contribution in [0.25, 0.3) is 0 Å². The summed E-state index contributed by atoms with van der Waals surface area (Å²) in [6.45, 7) is 9.08. The Morgan fingerprint density at radius 2 is 1.50 bits per heavy atom. The number of benzene rings is 2. The van der Waals surface area contributed by atoms with Crippen molar-refractivity contribution >= 4 is 5.91 Å². The van der Waals surface area contributed by atoms with E-state index in [1.165, 1.54) is 61.0 Å². The molecule has 32 heavy (non-hydrogen) atoms. The van der Waals surface area contributed by atoms with E-state index in [1.807, 2.05) is 0 Å². The summed E-state index contributed by atoms with van der Waals surface area (Å²) in [5.41, 5.74) is 5.21. The third-order valence-electron chi connectivity index (χ3n) is 6.93. The lowest BCUT2D eigenvalue weighted by Crippen LogP contribution is -2.42. The van der Waals surface area contributed by atoms with Gasteiger partial charge in [-0.25, -0.2) is 0 Å². The van der Waals surface area contributed by atoms with Gasteiger partial charge in [-0.2, -0.15) is 0 Å². The number of amides is 1. The highest BCUT2D eigenvalue weighted by Crippen LogP contribution is 2.20. The second-order valence-electron chi connectivity index (χ2n) is 9.79. The van der Waals surface area contributed by atoms with Gasteiger partial charge < -0.3 is 5.32 Å². The standard InChI is InChI=1S/C28H39N3O/c1-23-9-6-11-25(17-23)21-31-16-8-13-27(22-31)28(32)29-19-24-10-7-12-26(18-24)20-30-14-4-2-3-5-15-30/h6-7,9-12,17-18,27H,2-5,8,13-16,19-22H2,1H3,(H,29,32). The third kappa shape index (κ3) is 6.91. The molecule has 0 spiro atoms. The molecule has 2 aliphatic rings. The summed E-state index contributed by atoms with van der Waals surface area (Å²) >= 11 is 0. The number of likely N-dealkylation sites (tertiary alicyclic amines) is 2. The van der Waals surface area contributed by atoms with Crippen LogP contribution in [0.4, 0.5) is 0 Å². The van der Waals surface area contributed by atoms with E-state index in [4.69, 9.17) is 0 Å². The van der Waals surface area contributed by atoms with E-state index >= 15 is 0 Å². The van der Waals surface area contributed by atoms with Gasteiger partial charge in [0.1, 0.15) is 0 Å². The van der Waals surface area contributed by atoms with Crippen LogP contribution >= 0.6 is 0 Å². The van der Waals surface area contributed by atoms with Crippen molar-refractivity contribution in [3.05, 3.63) is 70.8 Å². The highest BCUT2D eigenvalue weighted by atomic mass is 16.1. The zero-order valence-electron chi connectivity index (χ0n) is 19.7. The molecule has 172 valence electrons. The van der Waals surface area contributed by atoms with Crippen LogP contribution in [-0.4, -0.2) is 41.9 Å². The lowest BCUT2D eigenvalue weighted by atomic mass is 9.96. The van der Waals surface area contributed by atoms with Crippen LogP contribution in [0.1, 0.15) is 60.8 Å². The number of nitrogens with zero attached hydrogens (tertiary/aromatic N) is 2. The van der Waals surface area contributed by atoms with E-state index in [1.54, 1.807) is 0 Å². The topological polar surface area (TPSA) is 35.6 Å². The molecule has 0 aromatic heterocycles. The first-order valence-electron chi connectivity index (χ1n) is 12.5. The van der Waals surface area contributed by atoms with Gasteiger partial charge in [0, 0.05) is 26.2 Å². The van der Waals surface area contributed by atoms with Crippen LogP contribution in [0, 0.1) is 12.8 Å². The zero-order chi connectivity index (χ0) is 22.2. The molecule has 2 aromatic rings. The van der Waals surface area contributed by atoms with Crippen LogP contribution < -0.4 is 5.32 Å². The Morgan fingerprint density at radius 1 is 0.844 bits per heavy atom. The molecule has 1 atom stereocenters. The molecule has 4 rings (SSSR count). The first kappa shape index (κ1) is 23.0. The normalized spacial score (nSPS) is 20.6. The molecule has 2 saturated heterocycles. The maximum absolute atomic E-state index is 12.9. The smallest absolute Gasteiger partial charge is 0.224 e. The number of rotatable bonds is 7.